The summed E-state index contributed by atoms with van der Waals surface area (Å²) < 4.78 is 0. The summed E-state index contributed by atoms with van der Waals surface area (Å²) in [5.41, 5.74) is 0.840. The van der Waals surface area contributed by atoms with Crippen LogP contribution in [0.3, 0.4) is 0 Å². The van der Waals surface area contributed by atoms with Crippen molar-refractivity contribution >= 4 is 0 Å². The number of phenols is 1. The monoisotopic (exact) mass is 188 g/mol. The summed E-state index contributed by atoms with van der Waals surface area (Å²) in [6.07, 6.45) is 1.70. The molecule has 3 nitrogen and oxygen atoms in total. The molecule has 0 fully saturated rings. The van der Waals surface area contributed by atoms with Gasteiger partial charge in [0.1, 0.15) is 11.8 Å². The van der Waals surface area contributed by atoms with Gasteiger partial charge < -0.3 is 5.11 Å². The molecular weight excluding hydrogens is 176 g/mol. The first-order valence-electron chi connectivity index (χ1n) is 4.30. The zero-order valence-electron chi connectivity index (χ0n) is 7.77. The lowest BCUT2D eigenvalue weighted by Crippen LogP contribution is -2.19. The van der Waals surface area contributed by atoms with Crippen molar-refractivity contribution in [2.75, 3.05) is 6.54 Å². The van der Waals surface area contributed by atoms with E-state index in [4.69, 9.17) is 10.4 Å². The van der Waals surface area contributed by atoms with Crippen molar-refractivity contribution in [1.29, 1.82) is 5.26 Å². The molecule has 1 aromatic carbocycles. The molecule has 2 N–H and O–H groups in total. The topological polar surface area (TPSA) is 56.0 Å². The van der Waals surface area contributed by atoms with Gasteiger partial charge in [0, 0.05) is 6.54 Å². The number of aromatic hydroxyl groups is 1. The predicted molar refractivity (Wildman–Crippen MR) is 54.7 cm³/mol. The van der Waals surface area contributed by atoms with Gasteiger partial charge in [0.05, 0.1) is 6.07 Å². The van der Waals surface area contributed by atoms with Crippen LogP contribution in [0.2, 0.25) is 0 Å². The molecule has 0 radical (unpaired) electrons. The number of rotatable bonds is 4. The van der Waals surface area contributed by atoms with E-state index in [1.165, 1.54) is 0 Å². The van der Waals surface area contributed by atoms with Gasteiger partial charge in [-0.3, -0.25) is 5.32 Å². The molecule has 72 valence electrons. The van der Waals surface area contributed by atoms with Gasteiger partial charge in [-0.1, -0.05) is 18.2 Å². The van der Waals surface area contributed by atoms with Gasteiger partial charge in [-0.2, -0.15) is 5.26 Å². The second kappa shape index (κ2) is 5.05. The number of nitrogens with one attached hydrogen (secondary N) is 1. The zero-order chi connectivity index (χ0) is 10.4. The summed E-state index contributed by atoms with van der Waals surface area (Å²) >= 11 is 0. The van der Waals surface area contributed by atoms with Crippen molar-refractivity contribution < 1.29 is 5.11 Å². The third-order valence-corrected chi connectivity index (χ3v) is 1.82. The highest BCUT2D eigenvalue weighted by molar-refractivity contribution is 5.30. The van der Waals surface area contributed by atoms with Crippen LogP contribution in [0.4, 0.5) is 0 Å². The standard InChI is InChI=1S/C11H12N2O/c1-2-7-13-11(8-12)9-3-5-10(14)6-4-9/h2-6,11,13-14H,1,7H2. The quantitative estimate of drug-likeness (QED) is 0.707. The average Bonchev–Trinajstić information content (AvgIpc) is 2.21. The van der Waals surface area contributed by atoms with E-state index in [1.807, 2.05) is 0 Å². The Bertz CT molecular complexity index is 337. The number of benzene rings is 1. The Morgan fingerprint density at radius 2 is 2.14 bits per heavy atom. The first-order valence-corrected chi connectivity index (χ1v) is 4.30. The van der Waals surface area contributed by atoms with Gasteiger partial charge in [-0.05, 0) is 17.7 Å². The van der Waals surface area contributed by atoms with Gasteiger partial charge in [0.25, 0.3) is 0 Å². The second-order valence-electron chi connectivity index (χ2n) is 2.85. The van der Waals surface area contributed by atoms with Crippen molar-refractivity contribution in [3.05, 3.63) is 42.5 Å². The van der Waals surface area contributed by atoms with Gasteiger partial charge in [0.2, 0.25) is 0 Å². The zero-order valence-corrected chi connectivity index (χ0v) is 7.77. The van der Waals surface area contributed by atoms with E-state index in [9.17, 15) is 0 Å². The number of hydrogen-bond acceptors (Lipinski definition) is 3. The molecule has 0 saturated heterocycles. The van der Waals surface area contributed by atoms with Crippen LogP contribution in [-0.2, 0) is 0 Å². The molecule has 0 heterocycles. The number of nitrogens with zero attached hydrogens (tertiary/aromatic N) is 1. The molecule has 1 unspecified atom stereocenters. The fraction of sp³-hybridized carbons (Fsp3) is 0.182. The van der Waals surface area contributed by atoms with Crippen molar-refractivity contribution in [2.24, 2.45) is 0 Å². The minimum Gasteiger partial charge on any atom is -0.508 e. The van der Waals surface area contributed by atoms with E-state index < -0.39 is 0 Å². The van der Waals surface area contributed by atoms with Crippen LogP contribution in [0.15, 0.2) is 36.9 Å². The third-order valence-electron chi connectivity index (χ3n) is 1.82. The molecule has 1 atom stereocenters. The van der Waals surface area contributed by atoms with Crippen LogP contribution in [0.25, 0.3) is 0 Å². The maximum Gasteiger partial charge on any atom is 0.121 e. The molecule has 0 aromatic heterocycles. The Morgan fingerprint density at radius 1 is 1.50 bits per heavy atom. The summed E-state index contributed by atoms with van der Waals surface area (Å²) in [6.45, 7) is 4.15. The fourth-order valence-electron chi connectivity index (χ4n) is 1.11. The maximum atomic E-state index is 9.07. The van der Waals surface area contributed by atoms with Gasteiger partial charge >= 0.3 is 0 Å². The summed E-state index contributed by atoms with van der Waals surface area (Å²) in [4.78, 5) is 0. The largest absolute Gasteiger partial charge is 0.508 e. The van der Waals surface area contributed by atoms with Crippen molar-refractivity contribution in [1.82, 2.24) is 5.32 Å². The number of nitriles is 1. The van der Waals surface area contributed by atoms with E-state index >= 15 is 0 Å². The third kappa shape index (κ3) is 2.61. The van der Waals surface area contributed by atoms with Gasteiger partial charge in [0.15, 0.2) is 0 Å². The molecule has 0 amide bonds. The Balaban J connectivity index is 2.74. The molecule has 3 heteroatoms. The maximum absolute atomic E-state index is 9.07. The first kappa shape index (κ1) is 10.3. The Hall–Kier alpha value is -1.79. The predicted octanol–water partition coefficient (Wildman–Crippen LogP) is 1.73. The highest BCUT2D eigenvalue weighted by atomic mass is 16.3. The Labute approximate surface area is 83.3 Å². The summed E-state index contributed by atoms with van der Waals surface area (Å²) in [5, 5.41) is 20.9. The van der Waals surface area contributed by atoms with E-state index in [-0.39, 0.29) is 11.8 Å². The van der Waals surface area contributed by atoms with Gasteiger partial charge in [-0.15, -0.1) is 6.58 Å². The van der Waals surface area contributed by atoms with Crippen LogP contribution in [0, 0.1) is 11.3 Å². The highest BCUT2D eigenvalue weighted by Crippen LogP contribution is 2.15. The van der Waals surface area contributed by atoms with Crippen LogP contribution in [0.1, 0.15) is 11.6 Å². The molecule has 0 spiro atoms. The van der Waals surface area contributed by atoms with E-state index in [0.717, 1.165) is 5.56 Å². The van der Waals surface area contributed by atoms with Gasteiger partial charge in [-0.25, -0.2) is 0 Å². The molecule has 0 bridgehead atoms. The second-order valence-corrected chi connectivity index (χ2v) is 2.85. The average molecular weight is 188 g/mol. The van der Waals surface area contributed by atoms with Crippen molar-refractivity contribution in [3.63, 3.8) is 0 Å². The summed E-state index contributed by atoms with van der Waals surface area (Å²) in [6, 6.07) is 8.35. The van der Waals surface area contributed by atoms with Crippen LogP contribution < -0.4 is 5.32 Å². The highest BCUT2D eigenvalue weighted by Gasteiger charge is 2.07. The van der Waals surface area contributed by atoms with Crippen molar-refractivity contribution in [3.8, 4) is 11.8 Å². The first-order chi connectivity index (χ1) is 6.77. The van der Waals surface area contributed by atoms with E-state index in [0.29, 0.717) is 6.54 Å². The molecule has 1 rings (SSSR count). The van der Waals surface area contributed by atoms with Crippen LogP contribution >= 0.6 is 0 Å². The fourth-order valence-corrected chi connectivity index (χ4v) is 1.11. The Morgan fingerprint density at radius 3 is 2.64 bits per heavy atom. The van der Waals surface area contributed by atoms with E-state index in [2.05, 4.69) is 18.0 Å². The SMILES string of the molecule is C=CCNC(C#N)c1ccc(O)cc1. The molecule has 0 saturated carbocycles. The lowest BCUT2D eigenvalue weighted by molar-refractivity contribution is 0.475. The summed E-state index contributed by atoms with van der Waals surface area (Å²) in [7, 11) is 0. The lowest BCUT2D eigenvalue weighted by Gasteiger charge is -2.09. The molecule has 0 aliphatic heterocycles. The smallest absolute Gasteiger partial charge is 0.121 e. The molecule has 0 aliphatic rings. The molecular formula is C11H12N2O. The minimum atomic E-state index is -0.353. The normalized spacial score (nSPS) is 11.6. The van der Waals surface area contributed by atoms with Crippen molar-refractivity contribution in [2.45, 2.75) is 6.04 Å². The van der Waals surface area contributed by atoms with Crippen LogP contribution in [0.5, 0.6) is 5.75 Å². The minimum absolute atomic E-state index is 0.203. The molecule has 0 aliphatic carbocycles. The molecule has 14 heavy (non-hydrogen) atoms. The van der Waals surface area contributed by atoms with Crippen LogP contribution in [-0.4, -0.2) is 11.7 Å². The lowest BCUT2D eigenvalue weighted by atomic mass is 10.1. The van der Waals surface area contributed by atoms with E-state index in [1.54, 1.807) is 30.3 Å². The summed E-state index contributed by atoms with van der Waals surface area (Å²) in [5.74, 6) is 0.203. The number of phenolic OH excluding ortho intramolecular Hbond substituents is 1. The molecule has 1 aromatic rings. The number of hydrogen-bond donors (Lipinski definition) is 2. The Kier molecular flexibility index (Phi) is 3.71.